The molecule has 4 heteroatoms. The smallest absolute Gasteiger partial charge is 0.223 e. The van der Waals surface area contributed by atoms with Gasteiger partial charge in [-0.2, -0.15) is 0 Å². The molecule has 1 aromatic carbocycles. The Labute approximate surface area is 118 Å². The number of aromatic nitrogens is 1. The van der Waals surface area contributed by atoms with Gasteiger partial charge in [0.15, 0.2) is 0 Å². The molecule has 0 unspecified atom stereocenters. The van der Waals surface area contributed by atoms with E-state index in [4.69, 9.17) is 4.74 Å². The number of rotatable bonds is 6. The number of nitrogens with zero attached hydrogens (tertiary/aromatic N) is 1. The standard InChI is InChI=1S/C16H19FN2O/c1-12(2)9-18-10-13-8-14(17)11-19-16(13)20-15-6-4-3-5-7-15/h3-8,11-12,18H,9-10H2,1-2H3. The van der Waals surface area contributed by atoms with Crippen LogP contribution in [0.15, 0.2) is 42.6 Å². The molecule has 0 aliphatic carbocycles. The summed E-state index contributed by atoms with van der Waals surface area (Å²) in [6.45, 7) is 5.64. The van der Waals surface area contributed by atoms with Crippen LogP contribution in [0.2, 0.25) is 0 Å². The number of hydrogen-bond acceptors (Lipinski definition) is 3. The third-order valence-corrected chi connectivity index (χ3v) is 2.72. The Morgan fingerprint density at radius 2 is 2.00 bits per heavy atom. The molecule has 1 heterocycles. The molecule has 2 aromatic rings. The van der Waals surface area contributed by atoms with E-state index in [0.29, 0.717) is 24.1 Å². The minimum atomic E-state index is -0.355. The molecule has 1 aromatic heterocycles. The molecular weight excluding hydrogens is 255 g/mol. The first-order chi connectivity index (χ1) is 9.65. The van der Waals surface area contributed by atoms with Gasteiger partial charge in [-0.25, -0.2) is 9.37 Å². The van der Waals surface area contributed by atoms with Gasteiger partial charge < -0.3 is 10.1 Å². The molecular formula is C16H19FN2O. The van der Waals surface area contributed by atoms with Crippen molar-refractivity contribution >= 4 is 0 Å². The van der Waals surface area contributed by atoms with Gasteiger partial charge in [-0.15, -0.1) is 0 Å². The van der Waals surface area contributed by atoms with Crippen LogP contribution in [-0.2, 0) is 6.54 Å². The van der Waals surface area contributed by atoms with Crippen molar-refractivity contribution in [2.24, 2.45) is 5.92 Å². The van der Waals surface area contributed by atoms with E-state index >= 15 is 0 Å². The Balaban J connectivity index is 2.11. The normalized spacial score (nSPS) is 10.8. The maximum atomic E-state index is 13.3. The number of halogens is 1. The van der Waals surface area contributed by atoms with Gasteiger partial charge >= 0.3 is 0 Å². The van der Waals surface area contributed by atoms with Crippen molar-refractivity contribution in [3.05, 3.63) is 54.0 Å². The number of ether oxygens (including phenoxy) is 1. The summed E-state index contributed by atoms with van der Waals surface area (Å²) in [5.74, 6) is 1.31. The molecule has 0 fully saturated rings. The van der Waals surface area contributed by atoms with Gasteiger partial charge in [0, 0.05) is 12.1 Å². The van der Waals surface area contributed by atoms with Gasteiger partial charge in [0.25, 0.3) is 0 Å². The fourth-order valence-electron chi connectivity index (χ4n) is 1.78. The highest BCUT2D eigenvalue weighted by Gasteiger charge is 2.08. The van der Waals surface area contributed by atoms with E-state index in [-0.39, 0.29) is 5.82 Å². The molecule has 0 saturated heterocycles. The lowest BCUT2D eigenvalue weighted by Crippen LogP contribution is -2.19. The Hall–Kier alpha value is -1.94. The van der Waals surface area contributed by atoms with Crippen molar-refractivity contribution in [2.75, 3.05) is 6.54 Å². The van der Waals surface area contributed by atoms with Gasteiger partial charge in [-0.1, -0.05) is 32.0 Å². The molecule has 0 saturated carbocycles. The molecule has 106 valence electrons. The highest BCUT2D eigenvalue weighted by Crippen LogP contribution is 2.23. The third-order valence-electron chi connectivity index (χ3n) is 2.72. The summed E-state index contributed by atoms with van der Waals surface area (Å²) in [6.07, 6.45) is 1.17. The van der Waals surface area contributed by atoms with Crippen molar-refractivity contribution < 1.29 is 9.13 Å². The molecule has 0 amide bonds. The minimum absolute atomic E-state index is 0.355. The number of nitrogens with one attached hydrogen (secondary N) is 1. The van der Waals surface area contributed by atoms with E-state index in [1.54, 1.807) is 0 Å². The lowest BCUT2D eigenvalue weighted by molar-refractivity contribution is 0.445. The third kappa shape index (κ3) is 4.31. The summed E-state index contributed by atoms with van der Waals surface area (Å²) in [5, 5.41) is 3.27. The van der Waals surface area contributed by atoms with Crippen molar-refractivity contribution in [2.45, 2.75) is 20.4 Å². The maximum absolute atomic E-state index is 13.3. The van der Waals surface area contributed by atoms with Crippen LogP contribution in [-0.4, -0.2) is 11.5 Å². The highest BCUT2D eigenvalue weighted by atomic mass is 19.1. The molecule has 0 bridgehead atoms. The molecule has 3 nitrogen and oxygen atoms in total. The predicted octanol–water partition coefficient (Wildman–Crippen LogP) is 3.76. The lowest BCUT2D eigenvalue weighted by atomic mass is 10.2. The van der Waals surface area contributed by atoms with E-state index in [1.807, 2.05) is 30.3 Å². The largest absolute Gasteiger partial charge is 0.439 e. The zero-order chi connectivity index (χ0) is 14.4. The molecule has 0 spiro atoms. The van der Waals surface area contributed by atoms with Crippen LogP contribution >= 0.6 is 0 Å². The quantitative estimate of drug-likeness (QED) is 0.871. The summed E-state index contributed by atoms with van der Waals surface area (Å²) in [4.78, 5) is 4.03. The van der Waals surface area contributed by atoms with Gasteiger partial charge in [-0.05, 0) is 30.7 Å². The van der Waals surface area contributed by atoms with E-state index in [1.165, 1.54) is 12.3 Å². The minimum Gasteiger partial charge on any atom is -0.439 e. The average molecular weight is 274 g/mol. The van der Waals surface area contributed by atoms with E-state index in [2.05, 4.69) is 24.1 Å². The molecule has 0 atom stereocenters. The van der Waals surface area contributed by atoms with Crippen molar-refractivity contribution in [3.63, 3.8) is 0 Å². The fourth-order valence-corrected chi connectivity index (χ4v) is 1.78. The van der Waals surface area contributed by atoms with Gasteiger partial charge in [0.05, 0.1) is 6.20 Å². The summed E-state index contributed by atoms with van der Waals surface area (Å²) in [5.41, 5.74) is 0.717. The maximum Gasteiger partial charge on any atom is 0.223 e. The van der Waals surface area contributed by atoms with Crippen LogP contribution in [0.4, 0.5) is 4.39 Å². The van der Waals surface area contributed by atoms with Crippen LogP contribution in [0.3, 0.4) is 0 Å². The second-order valence-corrected chi connectivity index (χ2v) is 5.06. The summed E-state index contributed by atoms with van der Waals surface area (Å²) >= 11 is 0. The number of benzene rings is 1. The van der Waals surface area contributed by atoms with Gasteiger partial charge in [0.2, 0.25) is 5.88 Å². The first kappa shape index (κ1) is 14.5. The Kier molecular flexibility index (Phi) is 5.07. The van der Waals surface area contributed by atoms with Crippen LogP contribution in [0.1, 0.15) is 19.4 Å². The zero-order valence-corrected chi connectivity index (χ0v) is 11.8. The topological polar surface area (TPSA) is 34.2 Å². The monoisotopic (exact) mass is 274 g/mol. The molecule has 20 heavy (non-hydrogen) atoms. The number of para-hydroxylation sites is 1. The second-order valence-electron chi connectivity index (χ2n) is 5.06. The SMILES string of the molecule is CC(C)CNCc1cc(F)cnc1Oc1ccccc1. The fraction of sp³-hybridized carbons (Fsp3) is 0.312. The van der Waals surface area contributed by atoms with E-state index < -0.39 is 0 Å². The average Bonchev–Trinajstić information content (AvgIpc) is 2.42. The Morgan fingerprint density at radius 3 is 2.70 bits per heavy atom. The molecule has 2 rings (SSSR count). The zero-order valence-electron chi connectivity index (χ0n) is 11.8. The molecule has 0 aliphatic heterocycles. The van der Waals surface area contributed by atoms with Crippen LogP contribution < -0.4 is 10.1 Å². The van der Waals surface area contributed by atoms with Crippen molar-refractivity contribution in [1.82, 2.24) is 10.3 Å². The lowest BCUT2D eigenvalue weighted by Gasteiger charge is -2.12. The van der Waals surface area contributed by atoms with Gasteiger partial charge in [-0.3, -0.25) is 0 Å². The first-order valence-electron chi connectivity index (χ1n) is 6.73. The van der Waals surface area contributed by atoms with Crippen LogP contribution in [0.25, 0.3) is 0 Å². The van der Waals surface area contributed by atoms with Gasteiger partial charge in [0.1, 0.15) is 11.6 Å². The number of hydrogen-bond donors (Lipinski definition) is 1. The van der Waals surface area contributed by atoms with Crippen LogP contribution in [0, 0.1) is 11.7 Å². The second kappa shape index (κ2) is 7.01. The van der Waals surface area contributed by atoms with E-state index in [0.717, 1.165) is 12.1 Å². The van der Waals surface area contributed by atoms with Crippen LogP contribution in [0.5, 0.6) is 11.6 Å². The summed E-state index contributed by atoms with van der Waals surface area (Å²) in [7, 11) is 0. The Bertz CT molecular complexity index is 543. The predicted molar refractivity (Wildman–Crippen MR) is 77.3 cm³/mol. The highest BCUT2D eigenvalue weighted by molar-refractivity contribution is 5.32. The summed E-state index contributed by atoms with van der Waals surface area (Å²) < 4.78 is 19.0. The first-order valence-corrected chi connectivity index (χ1v) is 6.73. The van der Waals surface area contributed by atoms with E-state index in [9.17, 15) is 4.39 Å². The Morgan fingerprint density at radius 1 is 1.25 bits per heavy atom. The molecule has 0 radical (unpaired) electrons. The number of pyridine rings is 1. The molecule has 1 N–H and O–H groups in total. The molecule has 0 aliphatic rings. The van der Waals surface area contributed by atoms with Crippen molar-refractivity contribution in [1.29, 1.82) is 0 Å². The summed E-state index contributed by atoms with van der Waals surface area (Å²) in [6, 6.07) is 10.8. The van der Waals surface area contributed by atoms with Crippen molar-refractivity contribution in [3.8, 4) is 11.6 Å².